The molecule has 0 atom stereocenters. The molecule has 0 aromatic heterocycles. The number of imide groups is 2. The van der Waals surface area contributed by atoms with Crippen molar-refractivity contribution in [2.45, 2.75) is 13.2 Å². The van der Waals surface area contributed by atoms with Gasteiger partial charge < -0.3 is 9.47 Å². The summed E-state index contributed by atoms with van der Waals surface area (Å²) in [6.45, 7) is 0.0642. The van der Waals surface area contributed by atoms with E-state index in [1.807, 2.05) is 0 Å². The van der Waals surface area contributed by atoms with E-state index in [-0.39, 0.29) is 35.8 Å². The fourth-order valence-electron chi connectivity index (χ4n) is 4.07. The summed E-state index contributed by atoms with van der Waals surface area (Å²) in [5.41, 5.74) is 1.21. The van der Waals surface area contributed by atoms with E-state index in [9.17, 15) is 18.8 Å². The lowest BCUT2D eigenvalue weighted by Crippen LogP contribution is -2.54. The maximum Gasteiger partial charge on any atom is 0.335 e. The van der Waals surface area contributed by atoms with E-state index >= 15 is 0 Å². The first-order chi connectivity index (χ1) is 20.2. The van der Waals surface area contributed by atoms with E-state index < -0.39 is 23.7 Å². The van der Waals surface area contributed by atoms with Crippen LogP contribution in [-0.2, 0) is 22.8 Å². The van der Waals surface area contributed by atoms with E-state index in [1.54, 1.807) is 60.7 Å². The van der Waals surface area contributed by atoms with Gasteiger partial charge in [-0.15, -0.1) is 0 Å². The normalized spacial score (nSPS) is 14.2. The number of rotatable bonds is 8. The molecule has 7 nitrogen and oxygen atoms in total. The second-order valence-electron chi connectivity index (χ2n) is 9.04. The van der Waals surface area contributed by atoms with Crippen LogP contribution in [0.1, 0.15) is 16.7 Å². The van der Waals surface area contributed by atoms with Crippen molar-refractivity contribution in [2.24, 2.45) is 0 Å². The van der Waals surface area contributed by atoms with Gasteiger partial charge in [0.15, 0.2) is 0 Å². The zero-order valence-corrected chi connectivity index (χ0v) is 23.8. The van der Waals surface area contributed by atoms with E-state index in [0.29, 0.717) is 26.4 Å². The van der Waals surface area contributed by atoms with Crippen LogP contribution in [0.3, 0.4) is 0 Å². The predicted molar refractivity (Wildman–Crippen MR) is 158 cm³/mol. The summed E-state index contributed by atoms with van der Waals surface area (Å²) in [7, 11) is 0. The maximum atomic E-state index is 14.1. The van der Waals surface area contributed by atoms with Crippen LogP contribution in [0.5, 0.6) is 11.5 Å². The quantitative estimate of drug-likeness (QED) is 0.161. The van der Waals surface area contributed by atoms with Crippen molar-refractivity contribution in [3.05, 3.63) is 128 Å². The van der Waals surface area contributed by atoms with Crippen molar-refractivity contribution in [2.75, 3.05) is 4.90 Å². The van der Waals surface area contributed by atoms with Gasteiger partial charge in [-0.1, -0.05) is 59.1 Å². The molecular formula is C31H20Cl3FN2O5. The number of urea groups is 1. The summed E-state index contributed by atoms with van der Waals surface area (Å²) in [4.78, 5) is 39.7. The molecule has 0 radical (unpaired) electrons. The molecule has 212 valence electrons. The Morgan fingerprint density at radius 2 is 1.48 bits per heavy atom. The molecule has 0 spiro atoms. The average Bonchev–Trinajstić information content (AvgIpc) is 2.96. The zero-order valence-electron chi connectivity index (χ0n) is 21.6. The van der Waals surface area contributed by atoms with Gasteiger partial charge in [0.05, 0.1) is 5.69 Å². The number of barbiturate groups is 1. The van der Waals surface area contributed by atoms with Gasteiger partial charge in [0.2, 0.25) is 0 Å². The number of carbonyl (C=O) groups excluding carboxylic acids is 3. The highest BCUT2D eigenvalue weighted by atomic mass is 35.5. The van der Waals surface area contributed by atoms with Crippen molar-refractivity contribution in [1.82, 2.24) is 5.32 Å². The molecule has 1 N–H and O–H groups in total. The summed E-state index contributed by atoms with van der Waals surface area (Å²) in [6, 6.07) is 21.0. The van der Waals surface area contributed by atoms with Crippen molar-refractivity contribution in [3.63, 3.8) is 0 Å². The lowest BCUT2D eigenvalue weighted by atomic mass is 10.1. The average molecular weight is 626 g/mol. The van der Waals surface area contributed by atoms with Gasteiger partial charge in [-0.3, -0.25) is 14.9 Å². The zero-order chi connectivity index (χ0) is 29.8. The SMILES string of the molecule is O=C1NC(=O)N(c2ccc(OCc3ccc(Cl)cc3Cl)cc2)C(=O)/C1=C/c1cc(Cl)ccc1OCc1ccccc1F. The predicted octanol–water partition coefficient (Wildman–Crippen LogP) is 7.61. The summed E-state index contributed by atoms with van der Waals surface area (Å²) < 4.78 is 25.6. The Morgan fingerprint density at radius 1 is 0.786 bits per heavy atom. The standard InChI is InChI=1S/C31H20Cl3FN2O5/c32-21-7-12-28(42-17-19-3-1-2-4-27(19)35)20(13-21)14-25-29(38)36-31(40)37(30(25)39)23-8-10-24(11-9-23)41-16-18-5-6-22(33)15-26(18)34/h1-15H,16-17H2,(H,36,38,40)/b25-14+. The monoisotopic (exact) mass is 624 g/mol. The van der Waals surface area contributed by atoms with Crippen molar-refractivity contribution in [1.29, 1.82) is 0 Å². The highest BCUT2D eigenvalue weighted by molar-refractivity contribution is 6.39. The molecule has 0 bridgehead atoms. The Kier molecular flexibility index (Phi) is 8.77. The number of hydrogen-bond donors (Lipinski definition) is 1. The number of ether oxygens (including phenoxy) is 2. The van der Waals surface area contributed by atoms with Crippen LogP contribution < -0.4 is 19.7 Å². The number of benzene rings is 4. The molecule has 1 heterocycles. The molecule has 1 saturated heterocycles. The number of carbonyl (C=O) groups is 3. The van der Waals surface area contributed by atoms with Crippen LogP contribution in [0.25, 0.3) is 6.08 Å². The number of anilines is 1. The van der Waals surface area contributed by atoms with E-state index in [4.69, 9.17) is 44.3 Å². The smallest absolute Gasteiger partial charge is 0.335 e. The minimum Gasteiger partial charge on any atom is -0.489 e. The van der Waals surface area contributed by atoms with Crippen LogP contribution in [0, 0.1) is 5.82 Å². The highest BCUT2D eigenvalue weighted by Gasteiger charge is 2.37. The Labute approximate surface area is 255 Å². The highest BCUT2D eigenvalue weighted by Crippen LogP contribution is 2.30. The number of amides is 4. The third-order valence-electron chi connectivity index (χ3n) is 6.22. The van der Waals surface area contributed by atoms with Crippen LogP contribution in [-0.4, -0.2) is 17.8 Å². The minimum absolute atomic E-state index is 0.103. The van der Waals surface area contributed by atoms with Crippen LogP contribution in [0.15, 0.2) is 90.5 Å². The van der Waals surface area contributed by atoms with Crippen molar-refractivity contribution in [3.8, 4) is 11.5 Å². The Hall–Kier alpha value is -4.37. The summed E-state index contributed by atoms with van der Waals surface area (Å²) in [6.07, 6.45) is 1.27. The number of halogens is 4. The third kappa shape index (κ3) is 6.57. The van der Waals surface area contributed by atoms with E-state index in [1.165, 1.54) is 30.3 Å². The van der Waals surface area contributed by atoms with Gasteiger partial charge in [-0.2, -0.15) is 0 Å². The second-order valence-corrected chi connectivity index (χ2v) is 10.3. The minimum atomic E-state index is -0.911. The van der Waals surface area contributed by atoms with Gasteiger partial charge in [0.1, 0.15) is 36.1 Å². The molecule has 0 aliphatic carbocycles. The van der Waals surface area contributed by atoms with Crippen LogP contribution >= 0.6 is 34.8 Å². The molecule has 0 saturated carbocycles. The fourth-order valence-corrected chi connectivity index (χ4v) is 4.72. The number of nitrogens with one attached hydrogen (secondary N) is 1. The molecule has 0 unspecified atom stereocenters. The Bertz CT molecular complexity index is 1730. The first-order valence-corrected chi connectivity index (χ1v) is 13.6. The Balaban J connectivity index is 1.36. The molecular weight excluding hydrogens is 606 g/mol. The van der Waals surface area contributed by atoms with Gasteiger partial charge in [0.25, 0.3) is 11.8 Å². The molecule has 1 aliphatic heterocycles. The van der Waals surface area contributed by atoms with Crippen LogP contribution in [0.2, 0.25) is 15.1 Å². The molecule has 4 aromatic rings. The molecule has 11 heteroatoms. The molecule has 5 rings (SSSR count). The molecule has 4 amide bonds. The largest absolute Gasteiger partial charge is 0.489 e. The number of nitrogens with zero attached hydrogens (tertiary/aromatic N) is 1. The lowest BCUT2D eigenvalue weighted by molar-refractivity contribution is -0.122. The second kappa shape index (κ2) is 12.7. The van der Waals surface area contributed by atoms with E-state index in [0.717, 1.165) is 10.5 Å². The van der Waals surface area contributed by atoms with Gasteiger partial charge in [0, 0.05) is 31.8 Å². The maximum absolute atomic E-state index is 14.1. The third-order valence-corrected chi connectivity index (χ3v) is 7.04. The van der Waals surface area contributed by atoms with E-state index in [2.05, 4.69) is 5.32 Å². The van der Waals surface area contributed by atoms with Gasteiger partial charge in [-0.05, 0) is 66.7 Å². The molecule has 1 aliphatic rings. The topological polar surface area (TPSA) is 84.9 Å². The van der Waals surface area contributed by atoms with Gasteiger partial charge >= 0.3 is 6.03 Å². The summed E-state index contributed by atoms with van der Waals surface area (Å²) >= 11 is 18.3. The van der Waals surface area contributed by atoms with Crippen molar-refractivity contribution >= 4 is 64.4 Å². The number of hydrogen-bond acceptors (Lipinski definition) is 5. The van der Waals surface area contributed by atoms with Crippen molar-refractivity contribution < 1.29 is 28.2 Å². The first-order valence-electron chi connectivity index (χ1n) is 12.4. The fraction of sp³-hybridized carbons (Fsp3) is 0.0645. The van der Waals surface area contributed by atoms with Gasteiger partial charge in [-0.25, -0.2) is 14.1 Å². The molecule has 4 aromatic carbocycles. The lowest BCUT2D eigenvalue weighted by Gasteiger charge is -2.26. The first kappa shape index (κ1) is 29.1. The molecule has 1 fully saturated rings. The summed E-state index contributed by atoms with van der Waals surface area (Å²) in [5.74, 6) is -1.47. The Morgan fingerprint density at radius 3 is 2.21 bits per heavy atom. The molecule has 42 heavy (non-hydrogen) atoms. The summed E-state index contributed by atoms with van der Waals surface area (Å²) in [5, 5.41) is 3.45. The van der Waals surface area contributed by atoms with Crippen LogP contribution in [0.4, 0.5) is 14.9 Å².